The Morgan fingerprint density at radius 1 is 1.13 bits per heavy atom. The molecule has 0 saturated carbocycles. The quantitative estimate of drug-likeness (QED) is 0.493. The van der Waals surface area contributed by atoms with E-state index in [4.69, 9.17) is 20.4 Å². The van der Waals surface area contributed by atoms with E-state index in [1.165, 1.54) is 19.2 Å². The fraction of sp³-hybridized carbons (Fsp3) is 0.381. The highest BCUT2D eigenvalue weighted by Crippen LogP contribution is 2.39. The smallest absolute Gasteiger partial charge is 0.395 e. The SMILES string of the molecule is COc1ccccc1-c1ccc(C(CCS(=N)(=O)CC[C@H](N)C(=O)O)C(F)(F)F)cc1. The molecule has 2 rings (SSSR count). The maximum atomic E-state index is 13.7. The summed E-state index contributed by atoms with van der Waals surface area (Å²) in [5, 5.41) is 8.75. The van der Waals surface area contributed by atoms with Gasteiger partial charge in [0.15, 0.2) is 0 Å². The number of benzene rings is 2. The van der Waals surface area contributed by atoms with Crippen molar-refractivity contribution < 1.29 is 32.0 Å². The van der Waals surface area contributed by atoms with Gasteiger partial charge in [-0.05, 0) is 30.0 Å². The number of hydrogen-bond acceptors (Lipinski definition) is 5. The van der Waals surface area contributed by atoms with E-state index < -0.39 is 46.0 Å². The van der Waals surface area contributed by atoms with E-state index in [2.05, 4.69) is 0 Å². The van der Waals surface area contributed by atoms with Gasteiger partial charge in [0.2, 0.25) is 0 Å². The molecule has 0 aliphatic carbocycles. The molecule has 0 heterocycles. The molecule has 6 nitrogen and oxygen atoms in total. The largest absolute Gasteiger partial charge is 0.496 e. The van der Waals surface area contributed by atoms with E-state index in [0.29, 0.717) is 11.3 Å². The van der Waals surface area contributed by atoms with Gasteiger partial charge in [-0.1, -0.05) is 42.5 Å². The van der Waals surface area contributed by atoms with Crippen LogP contribution in [0.5, 0.6) is 5.75 Å². The van der Waals surface area contributed by atoms with Crippen molar-refractivity contribution in [1.29, 1.82) is 4.78 Å². The lowest BCUT2D eigenvalue weighted by Gasteiger charge is -2.22. The number of carboxylic acid groups (broad SMARTS) is 1. The predicted octanol–water partition coefficient (Wildman–Crippen LogP) is 4.25. The summed E-state index contributed by atoms with van der Waals surface area (Å²) >= 11 is 0. The molecule has 0 spiro atoms. The van der Waals surface area contributed by atoms with Crippen LogP contribution in [0.1, 0.15) is 24.3 Å². The molecule has 2 aromatic rings. The van der Waals surface area contributed by atoms with Crippen LogP contribution in [0.4, 0.5) is 13.2 Å². The first-order valence-corrected chi connectivity index (χ1v) is 11.4. The summed E-state index contributed by atoms with van der Waals surface area (Å²) in [6.45, 7) is 0. The lowest BCUT2D eigenvalue weighted by Crippen LogP contribution is -2.32. The molecular weight excluding hydrogens is 433 g/mol. The predicted molar refractivity (Wildman–Crippen MR) is 113 cm³/mol. The Morgan fingerprint density at radius 2 is 1.71 bits per heavy atom. The van der Waals surface area contributed by atoms with Crippen molar-refractivity contribution in [2.75, 3.05) is 18.6 Å². The zero-order valence-corrected chi connectivity index (χ0v) is 17.7. The van der Waals surface area contributed by atoms with Crippen LogP contribution in [-0.2, 0) is 14.5 Å². The van der Waals surface area contributed by atoms with Crippen LogP contribution < -0.4 is 10.5 Å². The number of nitrogens with two attached hydrogens (primary N) is 1. The summed E-state index contributed by atoms with van der Waals surface area (Å²) in [4.78, 5) is 10.7. The molecule has 170 valence electrons. The van der Waals surface area contributed by atoms with E-state index in [1.807, 2.05) is 0 Å². The maximum Gasteiger partial charge on any atom is 0.395 e. The number of hydrogen-bond donors (Lipinski definition) is 3. The Morgan fingerprint density at radius 3 is 2.26 bits per heavy atom. The topological polar surface area (TPSA) is 113 Å². The summed E-state index contributed by atoms with van der Waals surface area (Å²) in [6, 6.07) is 11.7. The van der Waals surface area contributed by atoms with Crippen molar-refractivity contribution in [2.24, 2.45) is 5.73 Å². The number of rotatable bonds is 10. The third kappa shape index (κ3) is 6.96. The standard InChI is InChI=1S/C21H25F3N2O4S/c1-30-19-5-3-2-4-16(19)14-6-8-15(9-7-14)17(21(22,23)24)10-12-31(26,29)13-11-18(25)20(27)28/h2-9,17-18,26H,10-13,25H2,1H3,(H,27,28)/t17?,18-,31?/m0/s1. The number of methoxy groups -OCH3 is 1. The molecule has 0 bridgehead atoms. The zero-order valence-electron chi connectivity index (χ0n) is 16.9. The van der Waals surface area contributed by atoms with E-state index in [-0.39, 0.29) is 17.7 Å². The number of nitrogens with one attached hydrogen (secondary N) is 1. The number of halogens is 3. The molecule has 2 unspecified atom stereocenters. The van der Waals surface area contributed by atoms with Gasteiger partial charge in [0, 0.05) is 26.8 Å². The van der Waals surface area contributed by atoms with Gasteiger partial charge in [0.05, 0.1) is 13.0 Å². The number of para-hydroxylation sites is 1. The highest BCUT2D eigenvalue weighted by atomic mass is 32.2. The normalized spacial score (nSPS) is 15.6. The number of carboxylic acids is 1. The molecule has 0 aliphatic rings. The van der Waals surface area contributed by atoms with Crippen molar-refractivity contribution >= 4 is 15.7 Å². The summed E-state index contributed by atoms with van der Waals surface area (Å²) in [7, 11) is -1.89. The Balaban J connectivity index is 2.17. The van der Waals surface area contributed by atoms with Gasteiger partial charge >= 0.3 is 12.1 Å². The molecule has 0 aromatic heterocycles. The minimum Gasteiger partial charge on any atom is -0.496 e. The Bertz CT molecular complexity index is 992. The van der Waals surface area contributed by atoms with Gasteiger partial charge < -0.3 is 15.6 Å². The molecule has 4 N–H and O–H groups in total. The molecule has 0 fully saturated rings. The summed E-state index contributed by atoms with van der Waals surface area (Å²) in [5.74, 6) is -3.47. The number of carbonyl (C=O) groups is 1. The molecule has 2 aromatic carbocycles. The van der Waals surface area contributed by atoms with Crippen molar-refractivity contribution in [1.82, 2.24) is 0 Å². The van der Waals surface area contributed by atoms with Crippen molar-refractivity contribution in [3.63, 3.8) is 0 Å². The highest BCUT2D eigenvalue weighted by molar-refractivity contribution is 7.92. The van der Waals surface area contributed by atoms with Crippen molar-refractivity contribution in [3.8, 4) is 16.9 Å². The summed E-state index contributed by atoms with van der Waals surface area (Å²) < 4.78 is 66.4. The third-order valence-corrected chi connectivity index (χ3v) is 6.73. The van der Waals surface area contributed by atoms with Crippen LogP contribution in [0, 0.1) is 4.78 Å². The molecule has 0 saturated heterocycles. The Kier molecular flexibility index (Phi) is 8.08. The second kappa shape index (κ2) is 10.1. The first-order valence-electron chi connectivity index (χ1n) is 9.47. The summed E-state index contributed by atoms with van der Waals surface area (Å²) in [5.41, 5.74) is 6.76. The molecule has 3 atom stereocenters. The van der Waals surface area contributed by atoms with E-state index in [1.54, 1.807) is 36.4 Å². The molecule has 0 amide bonds. The van der Waals surface area contributed by atoms with E-state index >= 15 is 0 Å². The first kappa shape index (κ1) is 24.7. The van der Waals surface area contributed by atoms with Gasteiger partial charge in [-0.15, -0.1) is 0 Å². The third-order valence-electron chi connectivity index (χ3n) is 4.94. The molecule has 0 radical (unpaired) electrons. The highest BCUT2D eigenvalue weighted by Gasteiger charge is 2.40. The van der Waals surface area contributed by atoms with Gasteiger partial charge in [0.25, 0.3) is 0 Å². The molecule has 0 aliphatic heterocycles. The monoisotopic (exact) mass is 458 g/mol. The maximum absolute atomic E-state index is 13.7. The number of ether oxygens (including phenoxy) is 1. The average Bonchev–Trinajstić information content (AvgIpc) is 2.71. The van der Waals surface area contributed by atoms with Crippen molar-refractivity contribution in [3.05, 3.63) is 54.1 Å². The number of alkyl halides is 3. The lowest BCUT2D eigenvalue weighted by atomic mass is 9.93. The first-order chi connectivity index (χ1) is 14.4. The van der Waals surface area contributed by atoms with Crippen LogP contribution in [0.25, 0.3) is 11.1 Å². The second-order valence-corrected chi connectivity index (χ2v) is 9.60. The zero-order chi connectivity index (χ0) is 23.2. The van der Waals surface area contributed by atoms with Gasteiger partial charge in [-0.2, -0.15) is 13.2 Å². The lowest BCUT2D eigenvalue weighted by molar-refractivity contribution is -0.150. The van der Waals surface area contributed by atoms with Crippen LogP contribution in [0.2, 0.25) is 0 Å². The molecular formula is C21H25F3N2O4S. The van der Waals surface area contributed by atoms with Crippen LogP contribution in [0.3, 0.4) is 0 Å². The minimum atomic E-state index is -4.58. The Hall–Kier alpha value is -2.59. The second-order valence-electron chi connectivity index (χ2n) is 7.16. The van der Waals surface area contributed by atoms with Gasteiger partial charge in [-0.3, -0.25) is 9.57 Å². The van der Waals surface area contributed by atoms with Crippen LogP contribution in [-0.4, -0.2) is 46.1 Å². The fourth-order valence-electron chi connectivity index (χ4n) is 3.15. The van der Waals surface area contributed by atoms with Crippen LogP contribution in [0.15, 0.2) is 48.5 Å². The van der Waals surface area contributed by atoms with E-state index in [0.717, 1.165) is 5.56 Å². The van der Waals surface area contributed by atoms with Crippen LogP contribution >= 0.6 is 0 Å². The molecule has 10 heteroatoms. The van der Waals surface area contributed by atoms with Gasteiger partial charge in [-0.25, -0.2) is 4.21 Å². The van der Waals surface area contributed by atoms with Gasteiger partial charge in [0.1, 0.15) is 11.8 Å². The summed E-state index contributed by atoms with van der Waals surface area (Å²) in [6.07, 6.45) is -5.36. The minimum absolute atomic E-state index is 0.00332. The molecule has 31 heavy (non-hydrogen) atoms. The number of aliphatic carboxylic acids is 1. The van der Waals surface area contributed by atoms with Crippen molar-refractivity contribution in [2.45, 2.75) is 31.0 Å². The average molecular weight is 459 g/mol. The fourth-order valence-corrected chi connectivity index (χ4v) is 4.60. The van der Waals surface area contributed by atoms with E-state index in [9.17, 15) is 22.2 Å². The Labute approximate surface area is 179 Å².